The Morgan fingerprint density at radius 2 is 2.00 bits per heavy atom. The Morgan fingerprint density at radius 3 is 2.40 bits per heavy atom. The molecule has 0 amide bonds. The highest BCUT2D eigenvalue weighted by molar-refractivity contribution is 7.86. The molecule has 0 saturated heterocycles. The Balaban J connectivity index is 3.30. The molecule has 0 atom stereocenters. The van der Waals surface area contributed by atoms with Crippen LogP contribution in [0.4, 0.5) is 3.89 Å². The third-order valence-corrected chi connectivity index (χ3v) is 2.67. The van der Waals surface area contributed by atoms with Crippen molar-refractivity contribution in [3.8, 4) is 0 Å². The van der Waals surface area contributed by atoms with Gasteiger partial charge in [0.2, 0.25) is 0 Å². The second kappa shape index (κ2) is 4.26. The van der Waals surface area contributed by atoms with Crippen LogP contribution in [0.2, 0.25) is 0 Å². The first-order valence-corrected chi connectivity index (χ1v) is 6.14. The average molecular weight is 235 g/mol. The second-order valence-electron chi connectivity index (χ2n) is 3.58. The van der Waals surface area contributed by atoms with E-state index in [0.717, 1.165) is 0 Å². The van der Waals surface area contributed by atoms with E-state index in [1.165, 1.54) is 4.57 Å². The van der Waals surface area contributed by atoms with Crippen LogP contribution < -0.4 is 0 Å². The zero-order chi connectivity index (χ0) is 11.6. The van der Waals surface area contributed by atoms with Crippen molar-refractivity contribution in [1.29, 1.82) is 0 Å². The molecule has 15 heavy (non-hydrogen) atoms. The summed E-state index contributed by atoms with van der Waals surface area (Å²) in [6, 6.07) is 0. The van der Waals surface area contributed by atoms with Gasteiger partial charge in [-0.05, 0) is 6.42 Å². The van der Waals surface area contributed by atoms with Gasteiger partial charge in [-0.15, -0.1) is 10.2 Å². The maximum Gasteiger partial charge on any atom is 0.368 e. The Bertz CT molecular complexity index is 439. The molecule has 5 nitrogen and oxygen atoms in total. The summed E-state index contributed by atoms with van der Waals surface area (Å²) in [7, 11) is -4.78. The van der Waals surface area contributed by atoms with E-state index in [4.69, 9.17) is 0 Å². The molecule has 7 heteroatoms. The lowest BCUT2D eigenvalue weighted by molar-refractivity contribution is 0.510. The number of rotatable bonds is 4. The lowest BCUT2D eigenvalue weighted by atomic mass is 10.2. The summed E-state index contributed by atoms with van der Waals surface area (Å²) >= 11 is 0. The summed E-state index contributed by atoms with van der Waals surface area (Å²) in [6.45, 7) is 5.98. The zero-order valence-corrected chi connectivity index (χ0v) is 9.75. The minimum absolute atomic E-state index is 0.0135. The number of hydrogen-bond acceptors (Lipinski definition) is 4. The predicted molar refractivity (Wildman–Crippen MR) is 52.7 cm³/mol. The molecule has 0 fully saturated rings. The highest BCUT2D eigenvalue weighted by Crippen LogP contribution is 2.18. The minimum atomic E-state index is -4.78. The van der Waals surface area contributed by atoms with Crippen molar-refractivity contribution in [2.24, 2.45) is 0 Å². The molecular weight excluding hydrogens is 221 g/mol. The van der Waals surface area contributed by atoms with Crippen LogP contribution in [0, 0.1) is 0 Å². The van der Waals surface area contributed by atoms with E-state index in [0.29, 0.717) is 18.8 Å². The van der Waals surface area contributed by atoms with Crippen molar-refractivity contribution in [1.82, 2.24) is 14.8 Å². The van der Waals surface area contributed by atoms with E-state index in [1.807, 2.05) is 20.8 Å². The maximum atomic E-state index is 12.8. The number of nitrogens with zero attached hydrogens (tertiary/aromatic N) is 3. The smallest absolute Gasteiger partial charge is 0.299 e. The molecule has 0 bridgehead atoms. The predicted octanol–water partition coefficient (Wildman–Crippen LogP) is 1.47. The molecule has 86 valence electrons. The average Bonchev–Trinajstić information content (AvgIpc) is 2.47. The summed E-state index contributed by atoms with van der Waals surface area (Å²) < 4.78 is 35.7. The lowest BCUT2D eigenvalue weighted by Crippen LogP contribution is -2.10. The van der Waals surface area contributed by atoms with Crippen molar-refractivity contribution in [2.75, 3.05) is 0 Å². The molecule has 0 saturated carbocycles. The van der Waals surface area contributed by atoms with Crippen molar-refractivity contribution >= 4 is 10.2 Å². The molecule has 0 aliphatic heterocycles. The van der Waals surface area contributed by atoms with Gasteiger partial charge >= 0.3 is 10.2 Å². The molecular formula is C8H14FN3O2S. The van der Waals surface area contributed by atoms with Crippen LogP contribution in [0.5, 0.6) is 0 Å². The van der Waals surface area contributed by atoms with Crippen LogP contribution in [0.3, 0.4) is 0 Å². The SMILES string of the molecule is CCCn1c(C(C)C)nnc1S(=O)(=O)F. The van der Waals surface area contributed by atoms with Gasteiger partial charge in [-0.3, -0.25) is 4.57 Å². The monoisotopic (exact) mass is 235 g/mol. The molecule has 0 aromatic carbocycles. The Labute approximate surface area is 88.5 Å². The van der Waals surface area contributed by atoms with Crippen molar-refractivity contribution in [2.45, 2.75) is 44.8 Å². The van der Waals surface area contributed by atoms with Crippen LogP contribution >= 0.6 is 0 Å². The Kier molecular flexibility index (Phi) is 3.43. The van der Waals surface area contributed by atoms with Crippen LogP contribution in [-0.2, 0) is 16.8 Å². The first kappa shape index (κ1) is 12.1. The molecule has 0 aliphatic carbocycles. The van der Waals surface area contributed by atoms with E-state index in [9.17, 15) is 12.3 Å². The van der Waals surface area contributed by atoms with Crippen LogP contribution in [0.15, 0.2) is 5.16 Å². The topological polar surface area (TPSA) is 64.8 Å². The summed E-state index contributed by atoms with van der Waals surface area (Å²) in [5.74, 6) is 0.507. The van der Waals surface area contributed by atoms with Crippen LogP contribution in [-0.4, -0.2) is 23.2 Å². The largest absolute Gasteiger partial charge is 0.368 e. The highest BCUT2D eigenvalue weighted by atomic mass is 32.3. The maximum absolute atomic E-state index is 12.8. The number of aromatic nitrogens is 3. The first-order valence-electron chi connectivity index (χ1n) is 4.75. The molecule has 0 aliphatic rings. The van der Waals surface area contributed by atoms with E-state index in [2.05, 4.69) is 10.2 Å². The summed E-state index contributed by atoms with van der Waals surface area (Å²) in [5.41, 5.74) is 0. The van der Waals surface area contributed by atoms with Crippen LogP contribution in [0.1, 0.15) is 38.9 Å². The van der Waals surface area contributed by atoms with Crippen LogP contribution in [0.25, 0.3) is 0 Å². The normalized spacial score (nSPS) is 12.3. The van der Waals surface area contributed by atoms with E-state index >= 15 is 0 Å². The van der Waals surface area contributed by atoms with E-state index < -0.39 is 15.4 Å². The second-order valence-corrected chi connectivity index (χ2v) is 4.83. The molecule has 1 aromatic rings. The van der Waals surface area contributed by atoms with E-state index in [-0.39, 0.29) is 5.92 Å². The van der Waals surface area contributed by atoms with Gasteiger partial charge in [0.1, 0.15) is 5.82 Å². The molecule has 1 aromatic heterocycles. The lowest BCUT2D eigenvalue weighted by Gasteiger charge is -2.08. The fraction of sp³-hybridized carbons (Fsp3) is 0.750. The van der Waals surface area contributed by atoms with Gasteiger partial charge in [0, 0.05) is 12.5 Å². The third kappa shape index (κ3) is 2.53. The quantitative estimate of drug-likeness (QED) is 0.741. The fourth-order valence-corrected chi connectivity index (χ4v) is 1.93. The molecule has 0 unspecified atom stereocenters. The summed E-state index contributed by atoms with van der Waals surface area (Å²) in [5, 5.41) is 6.48. The van der Waals surface area contributed by atoms with E-state index in [1.54, 1.807) is 0 Å². The first-order chi connectivity index (χ1) is 6.88. The van der Waals surface area contributed by atoms with Crippen molar-refractivity contribution in [3.63, 3.8) is 0 Å². The number of hydrogen-bond donors (Lipinski definition) is 0. The van der Waals surface area contributed by atoms with Crippen molar-refractivity contribution < 1.29 is 12.3 Å². The van der Waals surface area contributed by atoms with Gasteiger partial charge in [-0.1, -0.05) is 24.7 Å². The Hall–Kier alpha value is -0.980. The standard InChI is InChI=1S/C8H14FN3O2S/c1-4-5-12-7(6(2)3)10-11-8(12)15(9,13)14/h6H,4-5H2,1-3H3. The molecule has 0 radical (unpaired) electrons. The zero-order valence-electron chi connectivity index (χ0n) is 8.94. The number of halogens is 1. The van der Waals surface area contributed by atoms with Gasteiger partial charge in [0.25, 0.3) is 5.16 Å². The third-order valence-electron chi connectivity index (χ3n) is 1.93. The molecule has 0 spiro atoms. The van der Waals surface area contributed by atoms with Crippen molar-refractivity contribution in [3.05, 3.63) is 5.82 Å². The highest BCUT2D eigenvalue weighted by Gasteiger charge is 2.24. The van der Waals surface area contributed by atoms with Gasteiger partial charge in [0.15, 0.2) is 0 Å². The Morgan fingerprint density at radius 1 is 1.40 bits per heavy atom. The van der Waals surface area contributed by atoms with Gasteiger partial charge in [0.05, 0.1) is 0 Å². The fourth-order valence-electron chi connectivity index (χ4n) is 1.34. The summed E-state index contributed by atoms with van der Waals surface area (Å²) in [6.07, 6.45) is 0.695. The summed E-state index contributed by atoms with van der Waals surface area (Å²) in [4.78, 5) is 0. The van der Waals surface area contributed by atoms with Gasteiger partial charge in [-0.2, -0.15) is 8.42 Å². The van der Waals surface area contributed by atoms with Gasteiger partial charge < -0.3 is 0 Å². The molecule has 1 rings (SSSR count). The molecule has 1 heterocycles. The van der Waals surface area contributed by atoms with Gasteiger partial charge in [-0.25, -0.2) is 0 Å². The molecule has 0 N–H and O–H groups in total. The minimum Gasteiger partial charge on any atom is -0.299 e.